The van der Waals surface area contributed by atoms with E-state index in [9.17, 15) is 9.59 Å². The van der Waals surface area contributed by atoms with Crippen molar-refractivity contribution >= 4 is 40.1 Å². The molecule has 0 radical (unpaired) electrons. The summed E-state index contributed by atoms with van der Waals surface area (Å²) in [4.78, 5) is 26.3. The highest BCUT2D eigenvalue weighted by atomic mass is 127. The van der Waals surface area contributed by atoms with Crippen LogP contribution in [0.5, 0.6) is 0 Å². The van der Waals surface area contributed by atoms with Crippen LogP contribution in [0.3, 0.4) is 0 Å². The van der Waals surface area contributed by atoms with E-state index in [2.05, 4.69) is 70.2 Å². The number of halogens is 1. The van der Waals surface area contributed by atoms with Crippen LogP contribution in [0, 0.1) is 10.5 Å². The Hall–Kier alpha value is -2.09. The van der Waals surface area contributed by atoms with Crippen LogP contribution in [-0.2, 0) is 4.79 Å². The summed E-state index contributed by atoms with van der Waals surface area (Å²) in [7, 11) is 0. The molecule has 0 saturated heterocycles. The zero-order valence-electron chi connectivity index (χ0n) is 15.1. The van der Waals surface area contributed by atoms with Crippen LogP contribution in [0.15, 0.2) is 48.5 Å². The largest absolute Gasteiger partial charge is 0.370 e. The Morgan fingerprint density at radius 3 is 2.54 bits per heavy atom. The van der Waals surface area contributed by atoms with Crippen molar-refractivity contribution in [2.45, 2.75) is 13.8 Å². The minimum Gasteiger partial charge on any atom is -0.370 e. The van der Waals surface area contributed by atoms with E-state index in [-0.39, 0.29) is 18.4 Å². The second-order valence-electron chi connectivity index (χ2n) is 5.93. The smallest absolute Gasteiger partial charge is 0.252 e. The second kappa shape index (κ2) is 10.2. The lowest BCUT2D eigenvalue weighted by atomic mass is 10.2. The topological polar surface area (TPSA) is 61.4 Å². The van der Waals surface area contributed by atoms with E-state index >= 15 is 0 Å². The maximum atomic E-state index is 12.1. The average Bonchev–Trinajstić information content (AvgIpc) is 2.63. The highest BCUT2D eigenvalue weighted by Gasteiger charge is 2.11. The molecule has 2 rings (SSSR count). The Bertz CT molecular complexity index is 764. The van der Waals surface area contributed by atoms with Crippen LogP contribution in [-0.4, -0.2) is 38.0 Å². The molecule has 0 aliphatic heterocycles. The van der Waals surface area contributed by atoms with E-state index < -0.39 is 0 Å². The Balaban J connectivity index is 1.76. The molecule has 26 heavy (non-hydrogen) atoms. The summed E-state index contributed by atoms with van der Waals surface area (Å²) in [5.74, 6) is -0.426. The number of carbonyl (C=O) groups excluding carboxylic acids is 2. The zero-order chi connectivity index (χ0) is 18.9. The van der Waals surface area contributed by atoms with Gasteiger partial charge in [-0.25, -0.2) is 0 Å². The number of anilines is 1. The van der Waals surface area contributed by atoms with Crippen LogP contribution in [0.1, 0.15) is 22.8 Å². The number of rotatable bonds is 8. The van der Waals surface area contributed by atoms with Crippen molar-refractivity contribution in [2.75, 3.05) is 31.1 Å². The third-order valence-electron chi connectivity index (χ3n) is 3.98. The fourth-order valence-corrected chi connectivity index (χ4v) is 3.22. The number of nitrogens with zero attached hydrogens (tertiary/aromatic N) is 1. The molecule has 0 saturated carbocycles. The Morgan fingerprint density at radius 1 is 1.08 bits per heavy atom. The van der Waals surface area contributed by atoms with Crippen LogP contribution < -0.4 is 15.5 Å². The van der Waals surface area contributed by atoms with E-state index in [1.54, 1.807) is 6.07 Å². The van der Waals surface area contributed by atoms with Crippen LogP contribution in [0.2, 0.25) is 0 Å². The van der Waals surface area contributed by atoms with Gasteiger partial charge in [-0.05, 0) is 66.3 Å². The lowest BCUT2D eigenvalue weighted by Gasteiger charge is -2.23. The van der Waals surface area contributed by atoms with Crippen molar-refractivity contribution in [3.05, 3.63) is 63.2 Å². The van der Waals surface area contributed by atoms with Crippen LogP contribution in [0.4, 0.5) is 5.69 Å². The first kappa shape index (κ1) is 20.2. The average molecular weight is 465 g/mol. The highest BCUT2D eigenvalue weighted by Crippen LogP contribution is 2.15. The van der Waals surface area contributed by atoms with E-state index in [0.717, 1.165) is 22.3 Å². The Labute approximate surface area is 168 Å². The molecule has 0 atom stereocenters. The maximum Gasteiger partial charge on any atom is 0.252 e. The van der Waals surface area contributed by atoms with Crippen molar-refractivity contribution in [3.63, 3.8) is 0 Å². The SMILES string of the molecule is CCN(CCNC(=O)CNC(=O)c1ccccc1I)c1cccc(C)c1. The number of benzene rings is 2. The first-order chi connectivity index (χ1) is 12.5. The third kappa shape index (κ3) is 6.01. The van der Waals surface area contributed by atoms with Gasteiger partial charge < -0.3 is 15.5 Å². The van der Waals surface area contributed by atoms with Crippen molar-refractivity contribution < 1.29 is 9.59 Å². The van der Waals surface area contributed by atoms with Gasteiger partial charge in [0.15, 0.2) is 0 Å². The number of nitrogens with one attached hydrogen (secondary N) is 2. The Morgan fingerprint density at radius 2 is 1.85 bits per heavy atom. The van der Waals surface area contributed by atoms with Gasteiger partial charge in [-0.3, -0.25) is 9.59 Å². The third-order valence-corrected chi connectivity index (χ3v) is 4.92. The minimum atomic E-state index is -0.236. The second-order valence-corrected chi connectivity index (χ2v) is 7.09. The van der Waals surface area contributed by atoms with E-state index in [0.29, 0.717) is 12.1 Å². The number of aryl methyl sites for hydroxylation is 1. The summed E-state index contributed by atoms with van der Waals surface area (Å²) in [5.41, 5.74) is 2.94. The molecule has 0 aliphatic rings. The predicted octanol–water partition coefficient (Wildman–Crippen LogP) is 2.97. The quantitative estimate of drug-likeness (QED) is 0.590. The van der Waals surface area contributed by atoms with Gasteiger partial charge in [-0.1, -0.05) is 24.3 Å². The fraction of sp³-hybridized carbons (Fsp3) is 0.300. The molecule has 5 nitrogen and oxygen atoms in total. The van der Waals surface area contributed by atoms with E-state index in [1.807, 2.05) is 24.3 Å². The molecule has 2 aromatic carbocycles. The van der Waals surface area contributed by atoms with Gasteiger partial charge in [0.05, 0.1) is 12.1 Å². The number of hydrogen-bond acceptors (Lipinski definition) is 3. The molecular weight excluding hydrogens is 441 g/mol. The van der Waals surface area contributed by atoms with Gasteiger partial charge in [0.25, 0.3) is 5.91 Å². The summed E-state index contributed by atoms with van der Waals surface area (Å²) in [5, 5.41) is 5.52. The zero-order valence-corrected chi connectivity index (χ0v) is 17.2. The summed E-state index contributed by atoms with van der Waals surface area (Å²) >= 11 is 2.11. The molecule has 6 heteroatoms. The standard InChI is InChI=1S/C20H24IN3O2/c1-3-24(16-8-6-7-15(2)13-16)12-11-22-19(25)14-23-20(26)17-9-4-5-10-18(17)21/h4-10,13H,3,11-12,14H2,1-2H3,(H,22,25)(H,23,26). The molecule has 0 unspecified atom stereocenters. The van der Waals surface area contributed by atoms with Gasteiger partial charge in [0, 0.05) is 28.9 Å². The summed E-state index contributed by atoms with van der Waals surface area (Å²) in [6.07, 6.45) is 0. The number of amides is 2. The molecule has 2 aromatic rings. The molecule has 0 fully saturated rings. The van der Waals surface area contributed by atoms with E-state index in [1.165, 1.54) is 5.56 Å². The molecule has 0 bridgehead atoms. The first-order valence-corrected chi connectivity index (χ1v) is 9.70. The lowest BCUT2D eigenvalue weighted by Crippen LogP contribution is -2.40. The minimum absolute atomic E-state index is 0.0274. The molecule has 0 heterocycles. The van der Waals surface area contributed by atoms with Crippen molar-refractivity contribution in [1.82, 2.24) is 10.6 Å². The molecule has 2 N–H and O–H groups in total. The monoisotopic (exact) mass is 465 g/mol. The number of hydrogen-bond donors (Lipinski definition) is 2. The van der Waals surface area contributed by atoms with Crippen LogP contribution >= 0.6 is 22.6 Å². The van der Waals surface area contributed by atoms with Gasteiger partial charge in [0.2, 0.25) is 5.91 Å². The van der Waals surface area contributed by atoms with Gasteiger partial charge in [0.1, 0.15) is 0 Å². The van der Waals surface area contributed by atoms with Crippen molar-refractivity contribution in [2.24, 2.45) is 0 Å². The molecular formula is C20H24IN3O2. The molecule has 2 amide bonds. The summed E-state index contributed by atoms with van der Waals surface area (Å²) < 4.78 is 0.861. The van der Waals surface area contributed by atoms with Crippen LogP contribution in [0.25, 0.3) is 0 Å². The normalized spacial score (nSPS) is 10.3. The van der Waals surface area contributed by atoms with Crippen molar-refractivity contribution in [3.8, 4) is 0 Å². The number of carbonyl (C=O) groups is 2. The maximum absolute atomic E-state index is 12.1. The number of likely N-dealkylation sites (N-methyl/N-ethyl adjacent to an activating group) is 1. The van der Waals surface area contributed by atoms with E-state index in [4.69, 9.17) is 0 Å². The Kier molecular flexibility index (Phi) is 7.90. The van der Waals surface area contributed by atoms with Gasteiger partial charge in [-0.2, -0.15) is 0 Å². The van der Waals surface area contributed by atoms with Crippen molar-refractivity contribution in [1.29, 1.82) is 0 Å². The highest BCUT2D eigenvalue weighted by molar-refractivity contribution is 14.1. The molecule has 0 aliphatic carbocycles. The molecule has 0 aromatic heterocycles. The molecule has 138 valence electrons. The summed E-state index contributed by atoms with van der Waals surface area (Å²) in [6, 6.07) is 15.6. The van der Waals surface area contributed by atoms with Gasteiger partial charge in [-0.15, -0.1) is 0 Å². The lowest BCUT2D eigenvalue weighted by molar-refractivity contribution is -0.120. The van der Waals surface area contributed by atoms with Gasteiger partial charge >= 0.3 is 0 Å². The summed E-state index contributed by atoms with van der Waals surface area (Å²) in [6.45, 7) is 6.24. The molecule has 0 spiro atoms. The first-order valence-electron chi connectivity index (χ1n) is 8.62. The predicted molar refractivity (Wildman–Crippen MR) is 114 cm³/mol. The fourth-order valence-electron chi connectivity index (χ4n) is 2.59.